The summed E-state index contributed by atoms with van der Waals surface area (Å²) in [5.41, 5.74) is 6.40. The third kappa shape index (κ3) is 4.29. The first-order chi connectivity index (χ1) is 9.29. The van der Waals surface area contributed by atoms with Crippen LogP contribution < -0.4 is 11.1 Å². The van der Waals surface area contributed by atoms with Crippen molar-refractivity contribution in [3.63, 3.8) is 0 Å². The van der Waals surface area contributed by atoms with Crippen molar-refractivity contribution < 1.29 is 4.79 Å². The molecule has 4 nitrogen and oxygen atoms in total. The van der Waals surface area contributed by atoms with Crippen LogP contribution in [0.1, 0.15) is 24.3 Å². The van der Waals surface area contributed by atoms with E-state index in [2.05, 4.69) is 16.4 Å². The van der Waals surface area contributed by atoms with Gasteiger partial charge in [-0.3, -0.25) is 4.79 Å². The fourth-order valence-corrected chi connectivity index (χ4v) is 2.90. The minimum Gasteiger partial charge on any atom is -0.355 e. The van der Waals surface area contributed by atoms with E-state index in [0.717, 1.165) is 29.8 Å². The van der Waals surface area contributed by atoms with Crippen molar-refractivity contribution >= 4 is 27.5 Å². The van der Waals surface area contributed by atoms with Gasteiger partial charge in [-0.15, -0.1) is 11.3 Å². The Bertz CT molecular complexity index is 505. The smallest absolute Gasteiger partial charge is 0.220 e. The van der Waals surface area contributed by atoms with Crippen LogP contribution in [0.5, 0.6) is 0 Å². The molecule has 0 unspecified atom stereocenters. The number of rotatable bonds is 7. The van der Waals surface area contributed by atoms with E-state index < -0.39 is 0 Å². The summed E-state index contributed by atoms with van der Waals surface area (Å²) >= 11 is 1.74. The molecule has 0 aliphatic carbocycles. The van der Waals surface area contributed by atoms with Gasteiger partial charge in [0, 0.05) is 19.5 Å². The second kappa shape index (κ2) is 7.21. The normalized spacial score (nSPS) is 10.8. The van der Waals surface area contributed by atoms with Crippen LogP contribution >= 0.6 is 11.3 Å². The summed E-state index contributed by atoms with van der Waals surface area (Å²) in [7, 11) is 0. The number of para-hydroxylation sites is 1. The zero-order valence-corrected chi connectivity index (χ0v) is 11.7. The molecular weight excluding hydrogens is 258 g/mol. The van der Waals surface area contributed by atoms with Crippen LogP contribution in [0.3, 0.4) is 0 Å². The lowest BCUT2D eigenvalue weighted by Crippen LogP contribution is -2.28. The fourth-order valence-electron chi connectivity index (χ4n) is 1.89. The van der Waals surface area contributed by atoms with Gasteiger partial charge >= 0.3 is 0 Å². The number of aryl methyl sites for hydroxylation is 1. The summed E-state index contributed by atoms with van der Waals surface area (Å²) < 4.78 is 1.23. The van der Waals surface area contributed by atoms with Crippen LogP contribution in [0.15, 0.2) is 24.3 Å². The van der Waals surface area contributed by atoms with Crippen molar-refractivity contribution in [3.8, 4) is 0 Å². The van der Waals surface area contributed by atoms with E-state index in [-0.39, 0.29) is 5.91 Å². The van der Waals surface area contributed by atoms with Crippen LogP contribution in [0.25, 0.3) is 10.2 Å². The minimum atomic E-state index is 0.0924. The van der Waals surface area contributed by atoms with Gasteiger partial charge in [0.05, 0.1) is 15.2 Å². The Morgan fingerprint density at radius 3 is 2.95 bits per heavy atom. The number of hydrogen-bond acceptors (Lipinski definition) is 4. The van der Waals surface area contributed by atoms with Gasteiger partial charge in [0.25, 0.3) is 0 Å². The number of nitrogens with two attached hydrogens (primary N) is 1. The topological polar surface area (TPSA) is 68.0 Å². The zero-order chi connectivity index (χ0) is 13.5. The van der Waals surface area contributed by atoms with Gasteiger partial charge in [-0.2, -0.15) is 0 Å². The molecule has 0 radical (unpaired) electrons. The van der Waals surface area contributed by atoms with E-state index in [1.54, 1.807) is 11.3 Å². The number of nitrogens with one attached hydrogen (secondary N) is 1. The van der Waals surface area contributed by atoms with Crippen molar-refractivity contribution in [2.45, 2.75) is 25.7 Å². The number of carbonyl (C=O) groups is 1. The molecule has 0 aliphatic heterocycles. The lowest BCUT2D eigenvalue weighted by atomic mass is 10.2. The molecule has 1 aromatic heterocycles. The van der Waals surface area contributed by atoms with Gasteiger partial charge in [-0.25, -0.2) is 4.98 Å². The first kappa shape index (κ1) is 14.0. The molecule has 0 atom stereocenters. The zero-order valence-electron chi connectivity index (χ0n) is 10.9. The molecule has 1 amide bonds. The van der Waals surface area contributed by atoms with E-state index in [4.69, 9.17) is 5.73 Å². The molecule has 0 spiro atoms. The SMILES string of the molecule is NCCNC(=O)CCCCc1nc2ccccc2s1. The molecule has 5 heteroatoms. The summed E-state index contributed by atoms with van der Waals surface area (Å²) in [6, 6.07) is 8.17. The summed E-state index contributed by atoms with van der Waals surface area (Å²) in [4.78, 5) is 16.0. The number of nitrogens with zero attached hydrogens (tertiary/aromatic N) is 1. The van der Waals surface area contributed by atoms with Gasteiger partial charge in [-0.1, -0.05) is 12.1 Å². The molecule has 3 N–H and O–H groups in total. The largest absolute Gasteiger partial charge is 0.355 e. The Morgan fingerprint density at radius 2 is 2.16 bits per heavy atom. The summed E-state index contributed by atoms with van der Waals surface area (Å²) in [5, 5.41) is 3.93. The number of unbranched alkanes of at least 4 members (excludes halogenated alkanes) is 1. The third-order valence-corrected chi connectivity index (χ3v) is 3.95. The Hall–Kier alpha value is -1.46. The number of fused-ring (bicyclic) bond motifs is 1. The second-order valence-electron chi connectivity index (χ2n) is 4.42. The number of thiazole rings is 1. The van der Waals surface area contributed by atoms with E-state index in [0.29, 0.717) is 19.5 Å². The second-order valence-corrected chi connectivity index (χ2v) is 5.54. The molecule has 0 fully saturated rings. The number of hydrogen-bond donors (Lipinski definition) is 2. The van der Waals surface area contributed by atoms with E-state index in [1.165, 1.54) is 4.70 Å². The summed E-state index contributed by atoms with van der Waals surface area (Å²) in [5.74, 6) is 0.0924. The van der Waals surface area contributed by atoms with Gasteiger partial charge in [0.2, 0.25) is 5.91 Å². The van der Waals surface area contributed by atoms with Crippen molar-refractivity contribution in [2.75, 3.05) is 13.1 Å². The molecule has 0 saturated carbocycles. The number of amides is 1. The highest BCUT2D eigenvalue weighted by Gasteiger charge is 2.04. The molecular formula is C14H19N3OS. The predicted molar refractivity (Wildman–Crippen MR) is 79.2 cm³/mol. The van der Waals surface area contributed by atoms with Gasteiger partial charge < -0.3 is 11.1 Å². The molecule has 0 bridgehead atoms. The van der Waals surface area contributed by atoms with E-state index >= 15 is 0 Å². The van der Waals surface area contributed by atoms with Gasteiger partial charge in [-0.05, 0) is 31.4 Å². The lowest BCUT2D eigenvalue weighted by Gasteiger charge is -2.02. The van der Waals surface area contributed by atoms with Gasteiger partial charge in [0.15, 0.2) is 0 Å². The minimum absolute atomic E-state index is 0.0924. The highest BCUT2D eigenvalue weighted by Crippen LogP contribution is 2.22. The first-order valence-electron chi connectivity index (χ1n) is 6.61. The average molecular weight is 277 g/mol. The molecule has 0 saturated heterocycles. The molecule has 2 aromatic rings. The Morgan fingerprint density at radius 1 is 1.32 bits per heavy atom. The van der Waals surface area contributed by atoms with Crippen molar-refractivity contribution in [1.82, 2.24) is 10.3 Å². The van der Waals surface area contributed by atoms with Gasteiger partial charge in [0.1, 0.15) is 0 Å². The Kier molecular flexibility index (Phi) is 5.30. The molecule has 0 aliphatic rings. The summed E-state index contributed by atoms with van der Waals surface area (Å²) in [6.45, 7) is 1.06. The van der Waals surface area contributed by atoms with Crippen LogP contribution in [-0.2, 0) is 11.2 Å². The monoisotopic (exact) mass is 277 g/mol. The maximum atomic E-state index is 11.4. The number of benzene rings is 1. The number of aromatic nitrogens is 1. The van der Waals surface area contributed by atoms with Crippen LogP contribution in [0.2, 0.25) is 0 Å². The quantitative estimate of drug-likeness (QED) is 0.761. The van der Waals surface area contributed by atoms with E-state index in [9.17, 15) is 4.79 Å². The van der Waals surface area contributed by atoms with E-state index in [1.807, 2.05) is 18.2 Å². The van der Waals surface area contributed by atoms with Crippen molar-refractivity contribution in [1.29, 1.82) is 0 Å². The molecule has 2 rings (SSSR count). The van der Waals surface area contributed by atoms with Crippen molar-refractivity contribution in [2.24, 2.45) is 5.73 Å². The predicted octanol–water partition coefficient (Wildman–Crippen LogP) is 2.08. The lowest BCUT2D eigenvalue weighted by molar-refractivity contribution is -0.121. The first-order valence-corrected chi connectivity index (χ1v) is 7.42. The maximum absolute atomic E-state index is 11.4. The highest BCUT2D eigenvalue weighted by molar-refractivity contribution is 7.18. The average Bonchev–Trinajstić information content (AvgIpc) is 2.84. The number of carbonyl (C=O) groups excluding carboxylic acids is 1. The maximum Gasteiger partial charge on any atom is 0.220 e. The highest BCUT2D eigenvalue weighted by atomic mass is 32.1. The molecule has 19 heavy (non-hydrogen) atoms. The van der Waals surface area contributed by atoms with Crippen LogP contribution in [-0.4, -0.2) is 24.0 Å². The van der Waals surface area contributed by atoms with Crippen LogP contribution in [0, 0.1) is 0 Å². The standard InChI is InChI=1S/C14H19N3OS/c15-9-10-16-13(18)7-3-4-8-14-17-11-5-1-2-6-12(11)19-14/h1-2,5-6H,3-4,7-10,15H2,(H,16,18). The molecule has 102 valence electrons. The molecule has 1 aromatic carbocycles. The molecule has 1 heterocycles. The Balaban J connectivity index is 1.72. The Labute approximate surface area is 117 Å². The van der Waals surface area contributed by atoms with Crippen molar-refractivity contribution in [3.05, 3.63) is 29.3 Å². The summed E-state index contributed by atoms with van der Waals surface area (Å²) in [6.07, 6.45) is 3.41. The fraction of sp³-hybridized carbons (Fsp3) is 0.429. The van der Waals surface area contributed by atoms with Crippen LogP contribution in [0.4, 0.5) is 0 Å². The third-order valence-electron chi connectivity index (χ3n) is 2.85.